The number of carbonyl (C=O) groups is 1. The number of benzene rings is 1. The monoisotopic (exact) mass is 367 g/mol. The van der Waals surface area contributed by atoms with Gasteiger partial charge >= 0.3 is 0 Å². The lowest BCUT2D eigenvalue weighted by Gasteiger charge is -2.27. The highest BCUT2D eigenvalue weighted by atomic mass is 19.1. The average Bonchev–Trinajstić information content (AvgIpc) is 2.82. The summed E-state index contributed by atoms with van der Waals surface area (Å²) in [6.07, 6.45) is 8.08. The lowest BCUT2D eigenvalue weighted by atomic mass is 9.94. The van der Waals surface area contributed by atoms with Crippen LogP contribution in [0.3, 0.4) is 0 Å². The normalized spacial score (nSPS) is 17.8. The first-order valence-electron chi connectivity index (χ1n) is 9.12. The first-order chi connectivity index (χ1) is 12.7. The molecule has 142 valence electrons. The predicted octanol–water partition coefficient (Wildman–Crippen LogP) is 3.90. The van der Waals surface area contributed by atoms with Crippen molar-refractivity contribution >= 4 is 5.91 Å². The molecule has 1 aliphatic carbocycles. The van der Waals surface area contributed by atoms with E-state index in [0.717, 1.165) is 6.42 Å². The Morgan fingerprint density at radius 2 is 2.00 bits per heavy atom. The largest absolute Gasteiger partial charge is 0.388 e. The second kappa shape index (κ2) is 8.83. The fourth-order valence-corrected chi connectivity index (χ4v) is 2.52. The van der Waals surface area contributed by atoms with Gasteiger partial charge in [0.15, 0.2) is 0 Å². The van der Waals surface area contributed by atoms with Gasteiger partial charge in [-0.3, -0.25) is 4.79 Å². The van der Waals surface area contributed by atoms with Gasteiger partial charge in [-0.1, -0.05) is 43.0 Å². The van der Waals surface area contributed by atoms with Crippen LogP contribution >= 0.6 is 0 Å². The Hall–Kier alpha value is -2.64. The predicted molar refractivity (Wildman–Crippen MR) is 106 cm³/mol. The molecule has 2 unspecified atom stereocenters. The van der Waals surface area contributed by atoms with E-state index >= 15 is 0 Å². The number of aliphatic hydroxyl groups is 1. The standard InChI is InChI=1S/C23H26FNO2/c1-5-18-13-10-17(11-14-19-8-6-7-9-21(19)24)12-15-20(18)22(26)25-16(2)23(3,4)27/h6-10,12-13,15-16,18,27H,5H2,1-4H3,(H,25,26). The quantitative estimate of drug-likeness (QED) is 0.793. The van der Waals surface area contributed by atoms with Crippen molar-refractivity contribution in [1.29, 1.82) is 0 Å². The summed E-state index contributed by atoms with van der Waals surface area (Å²) < 4.78 is 13.7. The van der Waals surface area contributed by atoms with E-state index in [1.807, 2.05) is 19.1 Å². The summed E-state index contributed by atoms with van der Waals surface area (Å²) in [5.41, 5.74) is 0.650. The van der Waals surface area contributed by atoms with Crippen molar-refractivity contribution in [3.05, 3.63) is 71.1 Å². The number of amides is 1. The molecule has 2 N–H and O–H groups in total. The van der Waals surface area contributed by atoms with Crippen molar-refractivity contribution < 1.29 is 14.3 Å². The summed E-state index contributed by atoms with van der Waals surface area (Å²) in [5.74, 6) is 5.17. The molecular weight excluding hydrogens is 341 g/mol. The van der Waals surface area contributed by atoms with Crippen LogP contribution in [0.1, 0.15) is 39.7 Å². The highest BCUT2D eigenvalue weighted by molar-refractivity contribution is 5.95. The van der Waals surface area contributed by atoms with Crippen molar-refractivity contribution in [1.82, 2.24) is 5.32 Å². The fraction of sp³-hybridized carbons (Fsp3) is 0.348. The van der Waals surface area contributed by atoms with Crippen LogP contribution in [0.5, 0.6) is 0 Å². The zero-order valence-corrected chi connectivity index (χ0v) is 16.2. The molecular formula is C23H26FNO2. The molecule has 4 heteroatoms. The lowest BCUT2D eigenvalue weighted by molar-refractivity contribution is -0.120. The topological polar surface area (TPSA) is 49.3 Å². The molecule has 3 nitrogen and oxygen atoms in total. The summed E-state index contributed by atoms with van der Waals surface area (Å²) in [6.45, 7) is 7.10. The number of halogens is 1. The molecule has 0 spiro atoms. The van der Waals surface area contributed by atoms with Gasteiger partial charge in [0, 0.05) is 17.1 Å². The molecule has 0 fully saturated rings. The van der Waals surface area contributed by atoms with Crippen LogP contribution in [0, 0.1) is 23.6 Å². The molecule has 0 aromatic heterocycles. The number of hydrogen-bond acceptors (Lipinski definition) is 2. The summed E-state index contributed by atoms with van der Waals surface area (Å²) in [7, 11) is 0. The minimum Gasteiger partial charge on any atom is -0.388 e. The zero-order chi connectivity index (χ0) is 20.0. The Bertz CT molecular complexity index is 847. The van der Waals surface area contributed by atoms with Crippen LogP contribution in [-0.4, -0.2) is 22.7 Å². The molecule has 0 saturated heterocycles. The number of carbonyl (C=O) groups excluding carboxylic acids is 1. The van der Waals surface area contributed by atoms with E-state index in [1.165, 1.54) is 6.07 Å². The third-order valence-corrected chi connectivity index (χ3v) is 4.67. The Morgan fingerprint density at radius 1 is 1.30 bits per heavy atom. The summed E-state index contributed by atoms with van der Waals surface area (Å²) in [5, 5.41) is 12.9. The number of nitrogens with one attached hydrogen (secondary N) is 1. The van der Waals surface area contributed by atoms with Crippen LogP contribution in [0.2, 0.25) is 0 Å². The molecule has 0 radical (unpaired) electrons. The Kier molecular flexibility index (Phi) is 6.76. The van der Waals surface area contributed by atoms with Crippen LogP contribution in [0.4, 0.5) is 4.39 Å². The first kappa shape index (κ1) is 20.7. The average molecular weight is 367 g/mol. The van der Waals surface area contributed by atoms with Crippen molar-refractivity contribution in [3.63, 3.8) is 0 Å². The molecule has 0 heterocycles. The summed E-state index contributed by atoms with van der Waals surface area (Å²) in [6, 6.07) is 5.98. The molecule has 1 aromatic carbocycles. The summed E-state index contributed by atoms with van der Waals surface area (Å²) >= 11 is 0. The SMILES string of the molecule is CCC1C=CC(C#Cc2ccccc2F)=CC=C1C(=O)NC(C)C(C)(C)O. The second-order valence-electron chi connectivity index (χ2n) is 7.20. The van der Waals surface area contributed by atoms with Crippen molar-refractivity contribution in [2.24, 2.45) is 5.92 Å². The van der Waals surface area contributed by atoms with Gasteiger partial charge in [0.05, 0.1) is 17.2 Å². The Labute approximate surface area is 160 Å². The molecule has 2 atom stereocenters. The lowest BCUT2D eigenvalue weighted by Crippen LogP contribution is -2.48. The van der Waals surface area contributed by atoms with Crippen molar-refractivity contribution in [2.75, 3.05) is 0 Å². The van der Waals surface area contributed by atoms with Gasteiger partial charge in [0.2, 0.25) is 5.91 Å². The van der Waals surface area contributed by atoms with E-state index < -0.39 is 5.60 Å². The Balaban J connectivity index is 2.25. The highest BCUT2D eigenvalue weighted by Crippen LogP contribution is 2.22. The minimum absolute atomic E-state index is 0.0528. The number of allylic oxidation sites excluding steroid dienone is 5. The third-order valence-electron chi connectivity index (χ3n) is 4.67. The first-order valence-corrected chi connectivity index (χ1v) is 9.12. The van der Waals surface area contributed by atoms with Gasteiger partial charge in [0.1, 0.15) is 5.82 Å². The molecule has 0 bridgehead atoms. The van der Waals surface area contributed by atoms with Crippen LogP contribution in [-0.2, 0) is 4.79 Å². The van der Waals surface area contributed by atoms with E-state index in [4.69, 9.17) is 0 Å². The number of hydrogen-bond donors (Lipinski definition) is 2. The van der Waals surface area contributed by atoms with Crippen molar-refractivity contribution in [3.8, 4) is 11.8 Å². The second-order valence-corrected chi connectivity index (χ2v) is 7.20. The molecule has 0 aliphatic heterocycles. The van der Waals surface area contributed by atoms with Crippen LogP contribution in [0.15, 0.2) is 59.7 Å². The van der Waals surface area contributed by atoms with Crippen LogP contribution < -0.4 is 5.32 Å². The molecule has 1 aliphatic rings. The van der Waals surface area contributed by atoms with Gasteiger partial charge in [-0.25, -0.2) is 4.39 Å². The molecule has 1 aromatic rings. The molecule has 27 heavy (non-hydrogen) atoms. The van der Waals surface area contributed by atoms with Crippen LogP contribution in [0.25, 0.3) is 0 Å². The maximum Gasteiger partial charge on any atom is 0.248 e. The Morgan fingerprint density at radius 3 is 2.63 bits per heavy atom. The highest BCUT2D eigenvalue weighted by Gasteiger charge is 2.26. The summed E-state index contributed by atoms with van der Waals surface area (Å²) in [4.78, 5) is 12.7. The van der Waals surface area contributed by atoms with Gasteiger partial charge in [-0.15, -0.1) is 0 Å². The number of rotatable bonds is 4. The van der Waals surface area contributed by atoms with E-state index in [-0.39, 0.29) is 23.7 Å². The third kappa shape index (κ3) is 5.67. The van der Waals surface area contributed by atoms with E-state index in [0.29, 0.717) is 16.7 Å². The van der Waals surface area contributed by atoms with E-state index in [9.17, 15) is 14.3 Å². The fourth-order valence-electron chi connectivity index (χ4n) is 2.52. The maximum absolute atomic E-state index is 13.7. The van der Waals surface area contributed by atoms with Crippen molar-refractivity contribution in [2.45, 2.75) is 45.8 Å². The van der Waals surface area contributed by atoms with E-state index in [2.05, 4.69) is 17.2 Å². The molecule has 0 saturated carbocycles. The van der Waals surface area contributed by atoms with Gasteiger partial charge in [-0.2, -0.15) is 0 Å². The smallest absolute Gasteiger partial charge is 0.248 e. The molecule has 1 amide bonds. The van der Waals surface area contributed by atoms with Gasteiger partial charge in [-0.05, 0) is 51.5 Å². The molecule has 2 rings (SSSR count). The van der Waals surface area contributed by atoms with E-state index in [1.54, 1.807) is 51.1 Å². The van der Waals surface area contributed by atoms with Gasteiger partial charge < -0.3 is 10.4 Å². The minimum atomic E-state index is -1.01. The maximum atomic E-state index is 13.7. The van der Waals surface area contributed by atoms with Gasteiger partial charge in [0.25, 0.3) is 0 Å². The zero-order valence-electron chi connectivity index (χ0n) is 16.2.